The van der Waals surface area contributed by atoms with Gasteiger partial charge < -0.3 is 10.2 Å². The third kappa shape index (κ3) is 2.64. The average molecular weight is 285 g/mol. The molecule has 0 bridgehead atoms. The van der Waals surface area contributed by atoms with Crippen LogP contribution in [0.5, 0.6) is 0 Å². The van der Waals surface area contributed by atoms with E-state index in [1.54, 1.807) is 11.9 Å². The minimum Gasteiger partial charge on any atom is -0.360 e. The maximum absolute atomic E-state index is 12.2. The molecule has 1 aliphatic rings. The second-order valence-electron chi connectivity index (χ2n) is 4.61. The van der Waals surface area contributed by atoms with Gasteiger partial charge in [-0.25, -0.2) is 4.72 Å². The number of carbonyl (C=O) groups is 1. The Bertz CT molecular complexity index is 630. The van der Waals surface area contributed by atoms with Gasteiger partial charge in [0, 0.05) is 23.2 Å². The fraction of sp³-hybridized carbons (Fsp3) is 0.133. The van der Waals surface area contributed by atoms with Gasteiger partial charge in [-0.1, -0.05) is 18.2 Å². The summed E-state index contributed by atoms with van der Waals surface area (Å²) in [6.45, 7) is 0.799. The molecule has 20 heavy (non-hydrogen) atoms. The second-order valence-corrected chi connectivity index (χ2v) is 5.54. The lowest BCUT2D eigenvalue weighted by Crippen LogP contribution is -2.31. The summed E-state index contributed by atoms with van der Waals surface area (Å²) in [5.74, 6) is -0.0900. The highest BCUT2D eigenvalue weighted by molar-refractivity contribution is 7.97. The predicted molar refractivity (Wildman–Crippen MR) is 83.1 cm³/mol. The first-order chi connectivity index (χ1) is 9.74. The number of nitrogens with zero attached hydrogens (tertiary/aromatic N) is 1. The molecule has 2 N–H and O–H groups in total. The molecule has 0 spiro atoms. The maximum atomic E-state index is 12.2. The number of nitrogens with one attached hydrogen (secondary N) is 2. The highest BCUT2D eigenvalue weighted by Crippen LogP contribution is 2.32. The van der Waals surface area contributed by atoms with Crippen molar-refractivity contribution in [3.05, 3.63) is 54.1 Å². The Morgan fingerprint density at radius 3 is 2.85 bits per heavy atom. The van der Waals surface area contributed by atoms with Gasteiger partial charge >= 0.3 is 0 Å². The largest absolute Gasteiger partial charge is 0.360 e. The molecule has 0 radical (unpaired) electrons. The van der Waals surface area contributed by atoms with Gasteiger partial charge in [-0.15, -0.1) is 0 Å². The monoisotopic (exact) mass is 285 g/mol. The first kappa shape index (κ1) is 13.0. The van der Waals surface area contributed by atoms with E-state index >= 15 is 0 Å². The van der Waals surface area contributed by atoms with Crippen LogP contribution in [0.4, 0.5) is 11.4 Å². The van der Waals surface area contributed by atoms with Crippen LogP contribution in [-0.4, -0.2) is 19.6 Å². The molecule has 1 amide bonds. The first-order valence-electron chi connectivity index (χ1n) is 6.35. The van der Waals surface area contributed by atoms with E-state index in [1.807, 2.05) is 55.6 Å². The molecule has 1 heterocycles. The van der Waals surface area contributed by atoms with Crippen LogP contribution in [0.15, 0.2) is 53.4 Å². The van der Waals surface area contributed by atoms with Crippen molar-refractivity contribution in [1.29, 1.82) is 0 Å². The Balaban J connectivity index is 1.82. The van der Waals surface area contributed by atoms with Crippen molar-refractivity contribution in [2.45, 2.75) is 4.90 Å². The molecule has 0 atom stereocenters. The van der Waals surface area contributed by atoms with E-state index in [-0.39, 0.29) is 5.91 Å². The van der Waals surface area contributed by atoms with Crippen LogP contribution in [0.3, 0.4) is 0 Å². The van der Waals surface area contributed by atoms with Crippen LogP contribution in [0.1, 0.15) is 10.4 Å². The van der Waals surface area contributed by atoms with Gasteiger partial charge in [0.05, 0.1) is 12.4 Å². The van der Waals surface area contributed by atoms with Gasteiger partial charge in [-0.3, -0.25) is 4.79 Å². The summed E-state index contributed by atoms with van der Waals surface area (Å²) < 4.78 is 3.22. The molecule has 0 saturated carbocycles. The molecule has 5 heteroatoms. The number of amides is 1. The fourth-order valence-electron chi connectivity index (χ4n) is 2.07. The Kier molecular flexibility index (Phi) is 3.62. The third-order valence-electron chi connectivity index (χ3n) is 3.15. The molecule has 0 aliphatic carbocycles. The quantitative estimate of drug-likeness (QED) is 0.833. The molecule has 2 aromatic rings. The van der Waals surface area contributed by atoms with Crippen LogP contribution < -0.4 is 14.9 Å². The van der Waals surface area contributed by atoms with Gasteiger partial charge in [-0.2, -0.15) is 0 Å². The minimum absolute atomic E-state index is 0.0900. The normalized spacial score (nSPS) is 13.8. The molecule has 3 rings (SSSR count). The average Bonchev–Trinajstić information content (AvgIpc) is 2.48. The summed E-state index contributed by atoms with van der Waals surface area (Å²) in [6, 6.07) is 15.2. The highest BCUT2D eigenvalue weighted by atomic mass is 32.2. The number of hydrogen-bond acceptors (Lipinski definition) is 4. The molecule has 4 nitrogen and oxygen atoms in total. The van der Waals surface area contributed by atoms with E-state index in [4.69, 9.17) is 0 Å². The Morgan fingerprint density at radius 1 is 1.25 bits per heavy atom. The topological polar surface area (TPSA) is 44.4 Å². The number of benzene rings is 2. The van der Waals surface area contributed by atoms with E-state index < -0.39 is 0 Å². The van der Waals surface area contributed by atoms with Gasteiger partial charge in [0.15, 0.2) is 0 Å². The van der Waals surface area contributed by atoms with Crippen molar-refractivity contribution >= 4 is 29.2 Å². The van der Waals surface area contributed by atoms with E-state index in [1.165, 1.54) is 0 Å². The van der Waals surface area contributed by atoms with Crippen molar-refractivity contribution in [3.8, 4) is 0 Å². The van der Waals surface area contributed by atoms with Crippen LogP contribution in [-0.2, 0) is 0 Å². The summed E-state index contributed by atoms with van der Waals surface area (Å²) in [5.41, 5.74) is 2.61. The summed E-state index contributed by atoms with van der Waals surface area (Å²) >= 11 is 1.56. The number of anilines is 2. The lowest BCUT2D eigenvalue weighted by Gasteiger charge is -2.27. The SMILES string of the molecule is CN1CNSc2cc(C(=O)Nc3ccccc3)ccc21. The highest BCUT2D eigenvalue weighted by Gasteiger charge is 2.16. The lowest BCUT2D eigenvalue weighted by molar-refractivity contribution is 0.102. The fourth-order valence-corrected chi connectivity index (χ4v) is 3.00. The molecule has 0 aromatic heterocycles. The standard InChI is InChI=1S/C15H15N3OS/c1-18-10-16-20-14-9-11(7-8-13(14)18)15(19)17-12-5-3-2-4-6-12/h2-9,16H,10H2,1H3,(H,17,19). The summed E-state index contributed by atoms with van der Waals surface area (Å²) in [5, 5.41) is 2.89. The van der Waals surface area contributed by atoms with Gasteiger partial charge in [0.2, 0.25) is 0 Å². The molecule has 1 aliphatic heterocycles. The van der Waals surface area contributed by atoms with Gasteiger partial charge in [0.1, 0.15) is 0 Å². The van der Waals surface area contributed by atoms with Gasteiger partial charge in [0.25, 0.3) is 5.91 Å². The Labute approximate surface area is 122 Å². The molecule has 0 saturated heterocycles. The zero-order valence-electron chi connectivity index (χ0n) is 11.1. The molecule has 2 aromatic carbocycles. The Morgan fingerprint density at radius 2 is 2.05 bits per heavy atom. The van der Waals surface area contributed by atoms with Crippen LogP contribution in [0.25, 0.3) is 0 Å². The number of rotatable bonds is 2. The number of carbonyl (C=O) groups excluding carboxylic acids is 1. The summed E-state index contributed by atoms with van der Waals surface area (Å²) in [4.78, 5) is 15.4. The van der Waals surface area contributed by atoms with E-state index in [0.717, 1.165) is 22.9 Å². The van der Waals surface area contributed by atoms with Crippen LogP contribution >= 0.6 is 11.9 Å². The molecule has 0 unspecified atom stereocenters. The number of fused-ring (bicyclic) bond motifs is 1. The molecular formula is C15H15N3OS. The van der Waals surface area contributed by atoms with Crippen LogP contribution in [0, 0.1) is 0 Å². The summed E-state index contributed by atoms with van der Waals surface area (Å²) in [6.07, 6.45) is 0. The zero-order chi connectivity index (χ0) is 13.9. The summed E-state index contributed by atoms with van der Waals surface area (Å²) in [7, 11) is 2.02. The predicted octanol–water partition coefficient (Wildman–Crippen LogP) is 2.94. The van der Waals surface area contributed by atoms with E-state index in [0.29, 0.717) is 5.56 Å². The Hall–Kier alpha value is -1.98. The second kappa shape index (κ2) is 5.56. The number of para-hydroxylation sites is 1. The number of hydrogen-bond donors (Lipinski definition) is 2. The molecule has 0 fully saturated rings. The van der Waals surface area contributed by atoms with Crippen molar-refractivity contribution in [2.24, 2.45) is 0 Å². The van der Waals surface area contributed by atoms with Crippen molar-refractivity contribution in [1.82, 2.24) is 4.72 Å². The lowest BCUT2D eigenvalue weighted by atomic mass is 10.1. The van der Waals surface area contributed by atoms with Crippen molar-refractivity contribution in [3.63, 3.8) is 0 Å². The third-order valence-corrected chi connectivity index (χ3v) is 3.97. The van der Waals surface area contributed by atoms with Crippen molar-refractivity contribution < 1.29 is 4.79 Å². The van der Waals surface area contributed by atoms with Gasteiger partial charge in [-0.05, 0) is 42.3 Å². The van der Waals surface area contributed by atoms with E-state index in [2.05, 4.69) is 14.9 Å². The van der Waals surface area contributed by atoms with E-state index in [9.17, 15) is 4.79 Å². The molecular weight excluding hydrogens is 270 g/mol. The first-order valence-corrected chi connectivity index (χ1v) is 7.17. The minimum atomic E-state index is -0.0900. The zero-order valence-corrected chi connectivity index (χ0v) is 11.9. The molecule has 102 valence electrons. The maximum Gasteiger partial charge on any atom is 0.255 e. The van der Waals surface area contributed by atoms with Crippen LogP contribution in [0.2, 0.25) is 0 Å². The smallest absolute Gasteiger partial charge is 0.255 e. The van der Waals surface area contributed by atoms with Crippen molar-refractivity contribution in [2.75, 3.05) is 23.9 Å².